The van der Waals surface area contributed by atoms with Crippen LogP contribution in [0.15, 0.2) is 42.5 Å². The van der Waals surface area contributed by atoms with Crippen LogP contribution in [0, 0.1) is 5.92 Å². The zero-order chi connectivity index (χ0) is 22.1. The SMILES string of the molecule is COC(=O)C1CCC(C=CC(=O)OC(C)(C)C)CCN1C(=O)OCc1ccccc1. The Labute approximate surface area is 178 Å². The average Bonchev–Trinajstić information content (AvgIpc) is 2.92. The van der Waals surface area contributed by atoms with Gasteiger partial charge in [0.05, 0.1) is 7.11 Å². The maximum absolute atomic E-state index is 12.7. The molecule has 1 fully saturated rings. The molecule has 0 spiro atoms. The summed E-state index contributed by atoms with van der Waals surface area (Å²) in [6.07, 6.45) is 4.34. The summed E-state index contributed by atoms with van der Waals surface area (Å²) in [6.45, 7) is 5.89. The molecule has 0 radical (unpaired) electrons. The van der Waals surface area contributed by atoms with E-state index < -0.39 is 29.7 Å². The molecule has 2 atom stereocenters. The van der Waals surface area contributed by atoms with Crippen molar-refractivity contribution < 1.29 is 28.6 Å². The molecule has 2 unspecified atom stereocenters. The summed E-state index contributed by atoms with van der Waals surface area (Å²) in [5.74, 6) is -0.838. The van der Waals surface area contributed by atoms with Gasteiger partial charge in [0.2, 0.25) is 0 Å². The van der Waals surface area contributed by atoms with Gasteiger partial charge in [-0.15, -0.1) is 0 Å². The number of allylic oxidation sites excluding steroid dienone is 1. The van der Waals surface area contributed by atoms with Crippen molar-refractivity contribution in [2.24, 2.45) is 5.92 Å². The van der Waals surface area contributed by atoms with E-state index in [-0.39, 0.29) is 12.5 Å². The minimum absolute atomic E-state index is 0.0385. The molecule has 1 aliphatic rings. The number of ether oxygens (including phenoxy) is 3. The summed E-state index contributed by atoms with van der Waals surface area (Å²) in [6, 6.07) is 8.65. The van der Waals surface area contributed by atoms with Gasteiger partial charge < -0.3 is 14.2 Å². The molecule has 1 saturated heterocycles. The molecule has 0 aliphatic carbocycles. The van der Waals surface area contributed by atoms with Crippen molar-refractivity contribution in [3.63, 3.8) is 0 Å². The highest BCUT2D eigenvalue weighted by atomic mass is 16.6. The number of likely N-dealkylation sites (tertiary alicyclic amines) is 1. The fraction of sp³-hybridized carbons (Fsp3) is 0.522. The van der Waals surface area contributed by atoms with Gasteiger partial charge in [0.25, 0.3) is 0 Å². The normalized spacial score (nSPS) is 19.8. The number of hydrogen-bond acceptors (Lipinski definition) is 6. The van der Waals surface area contributed by atoms with Gasteiger partial charge in [-0.05, 0) is 51.5 Å². The third-order valence-electron chi connectivity index (χ3n) is 4.75. The number of amides is 1. The van der Waals surface area contributed by atoms with Gasteiger partial charge >= 0.3 is 18.0 Å². The topological polar surface area (TPSA) is 82.1 Å². The van der Waals surface area contributed by atoms with Crippen molar-refractivity contribution in [2.45, 2.75) is 58.3 Å². The molecule has 1 aromatic carbocycles. The van der Waals surface area contributed by atoms with Gasteiger partial charge in [-0.25, -0.2) is 14.4 Å². The third kappa shape index (κ3) is 7.54. The summed E-state index contributed by atoms with van der Waals surface area (Å²) < 4.78 is 15.6. The van der Waals surface area contributed by atoms with Gasteiger partial charge in [-0.3, -0.25) is 4.90 Å². The monoisotopic (exact) mass is 417 g/mol. The van der Waals surface area contributed by atoms with Crippen molar-refractivity contribution in [1.29, 1.82) is 0 Å². The van der Waals surface area contributed by atoms with Crippen molar-refractivity contribution in [3.8, 4) is 0 Å². The quantitative estimate of drug-likeness (QED) is 0.411. The van der Waals surface area contributed by atoms with Crippen LogP contribution in [0.4, 0.5) is 4.79 Å². The first kappa shape index (κ1) is 23.4. The molecule has 1 heterocycles. The number of carbonyl (C=O) groups is 3. The first-order chi connectivity index (χ1) is 14.2. The lowest BCUT2D eigenvalue weighted by molar-refractivity contribution is -0.148. The van der Waals surface area contributed by atoms with Gasteiger partial charge in [0, 0.05) is 12.6 Å². The average molecular weight is 418 g/mol. The summed E-state index contributed by atoms with van der Waals surface area (Å²) in [4.78, 5) is 38.3. The largest absolute Gasteiger partial charge is 0.467 e. The second-order valence-electron chi connectivity index (χ2n) is 8.29. The fourth-order valence-corrected chi connectivity index (χ4v) is 3.28. The summed E-state index contributed by atoms with van der Waals surface area (Å²) in [5.41, 5.74) is 0.314. The highest BCUT2D eigenvalue weighted by Gasteiger charge is 2.34. The lowest BCUT2D eigenvalue weighted by Crippen LogP contribution is -2.45. The van der Waals surface area contributed by atoms with Crippen LogP contribution < -0.4 is 0 Å². The van der Waals surface area contributed by atoms with E-state index in [0.29, 0.717) is 25.8 Å². The van der Waals surface area contributed by atoms with E-state index in [4.69, 9.17) is 14.2 Å². The van der Waals surface area contributed by atoms with Gasteiger partial charge in [-0.1, -0.05) is 36.4 Å². The summed E-state index contributed by atoms with van der Waals surface area (Å²) >= 11 is 0. The molecule has 7 nitrogen and oxygen atoms in total. The Kier molecular flexibility index (Phi) is 8.45. The maximum Gasteiger partial charge on any atom is 0.410 e. The van der Waals surface area contributed by atoms with Crippen LogP contribution in [-0.4, -0.2) is 48.2 Å². The maximum atomic E-state index is 12.7. The Morgan fingerprint density at radius 1 is 1.10 bits per heavy atom. The lowest BCUT2D eigenvalue weighted by Gasteiger charge is -2.27. The van der Waals surface area contributed by atoms with Crippen LogP contribution in [0.3, 0.4) is 0 Å². The first-order valence-corrected chi connectivity index (χ1v) is 10.2. The Bertz CT molecular complexity index is 753. The van der Waals surface area contributed by atoms with Gasteiger partial charge in [0.1, 0.15) is 18.2 Å². The van der Waals surface area contributed by atoms with E-state index in [1.165, 1.54) is 18.1 Å². The third-order valence-corrected chi connectivity index (χ3v) is 4.75. The van der Waals surface area contributed by atoms with E-state index in [9.17, 15) is 14.4 Å². The number of nitrogens with zero attached hydrogens (tertiary/aromatic N) is 1. The van der Waals surface area contributed by atoms with Crippen molar-refractivity contribution in [1.82, 2.24) is 4.90 Å². The Hall–Kier alpha value is -2.83. The standard InChI is InChI=1S/C23H31NO6/c1-23(2,3)30-20(25)13-11-17-10-12-19(21(26)28-4)24(15-14-17)22(27)29-16-18-8-6-5-7-9-18/h5-9,11,13,17,19H,10,12,14-16H2,1-4H3. The first-order valence-electron chi connectivity index (χ1n) is 10.2. The number of benzene rings is 1. The van der Waals surface area contributed by atoms with E-state index in [0.717, 1.165) is 5.56 Å². The molecule has 0 N–H and O–H groups in total. The fourth-order valence-electron chi connectivity index (χ4n) is 3.28. The van der Waals surface area contributed by atoms with Crippen molar-refractivity contribution in [3.05, 3.63) is 48.0 Å². The zero-order valence-corrected chi connectivity index (χ0v) is 18.1. The number of hydrogen-bond donors (Lipinski definition) is 0. The van der Waals surface area contributed by atoms with Crippen LogP contribution >= 0.6 is 0 Å². The molecule has 1 aromatic rings. The smallest absolute Gasteiger partial charge is 0.410 e. The van der Waals surface area contributed by atoms with Crippen LogP contribution in [-0.2, 0) is 30.4 Å². The van der Waals surface area contributed by atoms with Gasteiger partial charge in [-0.2, -0.15) is 0 Å². The highest BCUT2D eigenvalue weighted by molar-refractivity contribution is 5.82. The Balaban J connectivity index is 2.01. The summed E-state index contributed by atoms with van der Waals surface area (Å²) in [5, 5.41) is 0. The van der Waals surface area contributed by atoms with E-state index in [1.807, 2.05) is 51.1 Å². The van der Waals surface area contributed by atoms with E-state index in [1.54, 1.807) is 6.08 Å². The molecule has 0 bridgehead atoms. The van der Waals surface area contributed by atoms with Crippen LogP contribution in [0.5, 0.6) is 0 Å². The second-order valence-corrected chi connectivity index (χ2v) is 8.29. The number of carbonyl (C=O) groups excluding carboxylic acids is 3. The number of esters is 2. The van der Waals surface area contributed by atoms with E-state index >= 15 is 0 Å². The molecular formula is C23H31NO6. The molecule has 1 amide bonds. The molecular weight excluding hydrogens is 386 g/mol. The predicted octanol–water partition coefficient (Wildman–Crippen LogP) is 3.86. The molecule has 164 valence electrons. The van der Waals surface area contributed by atoms with Crippen LogP contribution in [0.2, 0.25) is 0 Å². The molecule has 0 aromatic heterocycles. The Morgan fingerprint density at radius 3 is 2.43 bits per heavy atom. The zero-order valence-electron chi connectivity index (χ0n) is 18.1. The van der Waals surface area contributed by atoms with Crippen molar-refractivity contribution in [2.75, 3.05) is 13.7 Å². The highest BCUT2D eigenvalue weighted by Crippen LogP contribution is 2.25. The minimum Gasteiger partial charge on any atom is -0.467 e. The van der Waals surface area contributed by atoms with Crippen LogP contribution in [0.1, 0.15) is 45.6 Å². The minimum atomic E-state index is -0.710. The lowest BCUT2D eigenvalue weighted by atomic mass is 9.98. The molecule has 7 heteroatoms. The van der Waals surface area contributed by atoms with E-state index in [2.05, 4.69) is 0 Å². The molecule has 30 heavy (non-hydrogen) atoms. The molecule has 2 rings (SSSR count). The molecule has 1 aliphatic heterocycles. The second kappa shape index (κ2) is 10.8. The van der Waals surface area contributed by atoms with Gasteiger partial charge in [0.15, 0.2) is 0 Å². The Morgan fingerprint density at radius 2 is 1.80 bits per heavy atom. The predicted molar refractivity (Wildman–Crippen MR) is 111 cm³/mol. The summed E-state index contributed by atoms with van der Waals surface area (Å²) in [7, 11) is 1.31. The van der Waals surface area contributed by atoms with Crippen LogP contribution in [0.25, 0.3) is 0 Å². The number of methoxy groups -OCH3 is 1. The molecule has 0 saturated carbocycles. The van der Waals surface area contributed by atoms with Crippen molar-refractivity contribution >= 4 is 18.0 Å². The number of rotatable bonds is 5.